The molecule has 6 heteroatoms. The van der Waals surface area contributed by atoms with E-state index in [9.17, 15) is 9.90 Å². The van der Waals surface area contributed by atoms with Crippen LogP contribution in [0.1, 0.15) is 26.0 Å². The number of amides is 1. The van der Waals surface area contributed by atoms with Gasteiger partial charge in [0, 0.05) is 38.4 Å². The third kappa shape index (κ3) is 5.89. The molecule has 2 heterocycles. The molecule has 2 N–H and O–H groups in total. The van der Waals surface area contributed by atoms with Gasteiger partial charge in [-0.2, -0.15) is 0 Å². The van der Waals surface area contributed by atoms with Crippen LogP contribution in [0.3, 0.4) is 0 Å². The van der Waals surface area contributed by atoms with Crippen LogP contribution in [0.15, 0.2) is 24.4 Å². The molecular formula is C17H28N4O2. The number of piperazine rings is 1. The van der Waals surface area contributed by atoms with Crippen molar-refractivity contribution in [1.29, 1.82) is 0 Å². The molecule has 0 aromatic carbocycles. The van der Waals surface area contributed by atoms with Gasteiger partial charge in [-0.15, -0.1) is 0 Å². The summed E-state index contributed by atoms with van der Waals surface area (Å²) in [5.41, 5.74) is 0.869. The van der Waals surface area contributed by atoms with E-state index in [1.807, 2.05) is 25.1 Å². The van der Waals surface area contributed by atoms with Crippen molar-refractivity contribution >= 4 is 5.91 Å². The predicted molar refractivity (Wildman–Crippen MR) is 89.9 cm³/mol. The first-order valence-corrected chi connectivity index (χ1v) is 8.39. The van der Waals surface area contributed by atoms with Gasteiger partial charge in [0.25, 0.3) is 0 Å². The molecule has 1 aliphatic heterocycles. The van der Waals surface area contributed by atoms with E-state index in [0.717, 1.165) is 31.7 Å². The molecule has 1 amide bonds. The van der Waals surface area contributed by atoms with E-state index < -0.39 is 0 Å². The number of aliphatic hydroxyl groups excluding tert-OH is 1. The second-order valence-electron chi connectivity index (χ2n) is 6.24. The number of carbonyl (C=O) groups excluding carboxylic acids is 1. The topological polar surface area (TPSA) is 68.7 Å². The maximum atomic E-state index is 12.1. The second-order valence-corrected chi connectivity index (χ2v) is 6.24. The average molecular weight is 320 g/mol. The van der Waals surface area contributed by atoms with Gasteiger partial charge < -0.3 is 10.4 Å². The number of nitrogens with one attached hydrogen (secondary N) is 1. The fourth-order valence-corrected chi connectivity index (χ4v) is 3.02. The van der Waals surface area contributed by atoms with Crippen LogP contribution in [0.25, 0.3) is 0 Å². The van der Waals surface area contributed by atoms with E-state index >= 15 is 0 Å². The fraction of sp³-hybridized carbons (Fsp3) is 0.647. The molecule has 2 rings (SSSR count). The molecule has 0 bridgehead atoms. The maximum absolute atomic E-state index is 12.1. The Labute approximate surface area is 138 Å². The van der Waals surface area contributed by atoms with Crippen LogP contribution in [-0.2, 0) is 11.3 Å². The van der Waals surface area contributed by atoms with Crippen molar-refractivity contribution in [3.8, 4) is 0 Å². The normalized spacial score (nSPS) is 21.1. The summed E-state index contributed by atoms with van der Waals surface area (Å²) in [7, 11) is 0. The van der Waals surface area contributed by atoms with Crippen LogP contribution in [-0.4, -0.2) is 70.7 Å². The lowest BCUT2D eigenvalue weighted by atomic mass is 10.1. The molecule has 0 aliphatic carbocycles. The molecule has 23 heavy (non-hydrogen) atoms. The molecule has 1 aromatic heterocycles. The number of aromatic nitrogens is 1. The molecule has 1 saturated heterocycles. The van der Waals surface area contributed by atoms with E-state index in [2.05, 4.69) is 27.0 Å². The Kier molecular flexibility index (Phi) is 6.95. The Hall–Kier alpha value is -1.50. The van der Waals surface area contributed by atoms with Crippen LogP contribution in [0, 0.1) is 0 Å². The third-order valence-electron chi connectivity index (χ3n) is 4.22. The molecular weight excluding hydrogens is 292 g/mol. The van der Waals surface area contributed by atoms with Crippen LogP contribution < -0.4 is 5.32 Å². The van der Waals surface area contributed by atoms with Gasteiger partial charge in [-0.3, -0.25) is 19.6 Å². The first-order valence-electron chi connectivity index (χ1n) is 8.39. The summed E-state index contributed by atoms with van der Waals surface area (Å²) >= 11 is 0. The highest BCUT2D eigenvalue weighted by atomic mass is 16.3. The largest absolute Gasteiger partial charge is 0.392 e. The first-order chi connectivity index (χ1) is 11.1. The Balaban J connectivity index is 1.76. The van der Waals surface area contributed by atoms with Gasteiger partial charge in [-0.05, 0) is 25.5 Å². The van der Waals surface area contributed by atoms with Gasteiger partial charge in [0.2, 0.25) is 5.91 Å². The number of carbonyl (C=O) groups is 1. The quantitative estimate of drug-likeness (QED) is 0.765. The molecule has 0 saturated carbocycles. The van der Waals surface area contributed by atoms with Crippen molar-refractivity contribution in [1.82, 2.24) is 20.1 Å². The van der Waals surface area contributed by atoms with Crippen molar-refractivity contribution in [2.45, 2.75) is 39.0 Å². The average Bonchev–Trinajstić information content (AvgIpc) is 2.55. The summed E-state index contributed by atoms with van der Waals surface area (Å²) < 4.78 is 0. The molecule has 6 nitrogen and oxygen atoms in total. The van der Waals surface area contributed by atoms with Crippen molar-refractivity contribution in [2.75, 3.05) is 32.7 Å². The van der Waals surface area contributed by atoms with Crippen LogP contribution in [0.4, 0.5) is 0 Å². The third-order valence-corrected chi connectivity index (χ3v) is 4.22. The minimum Gasteiger partial charge on any atom is -0.392 e. The van der Waals surface area contributed by atoms with E-state index in [1.54, 1.807) is 6.20 Å². The number of hydrogen-bond acceptors (Lipinski definition) is 5. The van der Waals surface area contributed by atoms with E-state index in [-0.39, 0.29) is 12.0 Å². The predicted octanol–water partition coefficient (Wildman–Crippen LogP) is 0.475. The summed E-state index contributed by atoms with van der Waals surface area (Å²) in [4.78, 5) is 20.8. The second kappa shape index (κ2) is 8.96. The van der Waals surface area contributed by atoms with Gasteiger partial charge in [-0.25, -0.2) is 0 Å². The van der Waals surface area contributed by atoms with Gasteiger partial charge >= 0.3 is 0 Å². The Morgan fingerprint density at radius 1 is 1.48 bits per heavy atom. The van der Waals surface area contributed by atoms with E-state index in [0.29, 0.717) is 25.7 Å². The van der Waals surface area contributed by atoms with Gasteiger partial charge in [0.15, 0.2) is 0 Å². The van der Waals surface area contributed by atoms with Crippen LogP contribution in [0.2, 0.25) is 0 Å². The summed E-state index contributed by atoms with van der Waals surface area (Å²) in [5, 5.41) is 12.5. The summed E-state index contributed by atoms with van der Waals surface area (Å²) in [6, 6.07) is 6.09. The number of β-amino-alcohol motifs (C(OH)–C–C–N with tert-alkyl or cyclic N) is 1. The number of aliphatic hydroxyl groups is 1. The van der Waals surface area contributed by atoms with Crippen molar-refractivity contribution in [3.05, 3.63) is 30.1 Å². The molecule has 2 atom stereocenters. The summed E-state index contributed by atoms with van der Waals surface area (Å²) in [6.07, 6.45) is 2.45. The lowest BCUT2D eigenvalue weighted by molar-refractivity contribution is -0.123. The smallest absolute Gasteiger partial charge is 0.234 e. The number of nitrogens with zero attached hydrogens (tertiary/aromatic N) is 3. The van der Waals surface area contributed by atoms with Crippen molar-refractivity contribution in [2.24, 2.45) is 0 Å². The van der Waals surface area contributed by atoms with E-state index in [1.165, 1.54) is 0 Å². The lowest BCUT2D eigenvalue weighted by Gasteiger charge is -2.41. The number of pyridine rings is 1. The molecule has 0 radical (unpaired) electrons. The van der Waals surface area contributed by atoms with Crippen LogP contribution in [0.5, 0.6) is 0 Å². The highest BCUT2D eigenvalue weighted by Crippen LogP contribution is 2.13. The van der Waals surface area contributed by atoms with Crippen molar-refractivity contribution < 1.29 is 9.90 Å². The number of rotatable bonds is 7. The van der Waals surface area contributed by atoms with Gasteiger partial charge in [0.1, 0.15) is 0 Å². The fourth-order valence-electron chi connectivity index (χ4n) is 3.02. The Bertz CT molecular complexity index is 481. The Morgan fingerprint density at radius 3 is 2.96 bits per heavy atom. The molecule has 128 valence electrons. The zero-order chi connectivity index (χ0) is 16.7. The number of hydrogen-bond donors (Lipinski definition) is 2. The zero-order valence-electron chi connectivity index (χ0n) is 14.1. The minimum absolute atomic E-state index is 0.0366. The molecule has 1 aromatic rings. The summed E-state index contributed by atoms with van der Waals surface area (Å²) in [6.45, 7) is 8.22. The van der Waals surface area contributed by atoms with Gasteiger partial charge in [-0.1, -0.05) is 13.0 Å². The lowest BCUT2D eigenvalue weighted by Crippen LogP contribution is -2.55. The SMILES string of the molecule is CC[C@@H]1CN(CC(=O)NCc2ccccn2)CCN1C[C@H](C)O. The standard InChI is InChI=1S/C17H28N4O2/c1-3-16-12-20(8-9-21(16)11-14(2)22)13-17(23)19-10-15-6-4-5-7-18-15/h4-7,14,16,22H,3,8-13H2,1-2H3,(H,19,23)/t14-,16+/m0/s1. The highest BCUT2D eigenvalue weighted by Gasteiger charge is 2.27. The molecule has 1 aliphatic rings. The minimum atomic E-state index is -0.308. The van der Waals surface area contributed by atoms with Crippen molar-refractivity contribution in [3.63, 3.8) is 0 Å². The van der Waals surface area contributed by atoms with Gasteiger partial charge in [0.05, 0.1) is 24.9 Å². The highest BCUT2D eigenvalue weighted by molar-refractivity contribution is 5.77. The van der Waals surface area contributed by atoms with Crippen LogP contribution >= 0.6 is 0 Å². The van der Waals surface area contributed by atoms with E-state index in [4.69, 9.17) is 0 Å². The Morgan fingerprint density at radius 2 is 2.30 bits per heavy atom. The zero-order valence-corrected chi connectivity index (χ0v) is 14.1. The molecule has 1 fully saturated rings. The molecule has 0 spiro atoms. The maximum Gasteiger partial charge on any atom is 0.234 e. The first kappa shape index (κ1) is 17.8. The monoisotopic (exact) mass is 320 g/mol. The summed E-state index contributed by atoms with van der Waals surface area (Å²) in [5.74, 6) is 0.0366. The molecule has 0 unspecified atom stereocenters.